The Morgan fingerprint density at radius 3 is 2.21 bits per heavy atom. The molecule has 2 aromatic rings. The van der Waals surface area contributed by atoms with E-state index in [1.807, 2.05) is 62.4 Å². The van der Waals surface area contributed by atoms with Crippen LogP contribution in [-0.4, -0.2) is 11.1 Å². The van der Waals surface area contributed by atoms with E-state index in [9.17, 15) is 9.90 Å². The molecule has 2 nitrogen and oxygen atoms in total. The fraction of sp³-hybridized carbons (Fsp3) is 0.118. The summed E-state index contributed by atoms with van der Waals surface area (Å²) in [5, 5.41) is 9.38. The number of aliphatic carboxylic acids is 1. The maximum Gasteiger partial charge on any atom is 0.336 e. The summed E-state index contributed by atoms with van der Waals surface area (Å²) in [6.45, 7) is 3.95. The molecular weight excluding hydrogens is 236 g/mol. The zero-order chi connectivity index (χ0) is 13.8. The Hall–Kier alpha value is -2.35. The first kappa shape index (κ1) is 13.1. The van der Waals surface area contributed by atoms with Crippen LogP contribution in [0, 0.1) is 13.8 Å². The summed E-state index contributed by atoms with van der Waals surface area (Å²) in [6, 6.07) is 15.3. The molecule has 96 valence electrons. The number of carboxylic acid groups (broad SMARTS) is 1. The highest BCUT2D eigenvalue weighted by Gasteiger charge is 2.10. The SMILES string of the molecule is Cc1ccc(/C(=C\c2ccccc2C)C(=O)O)cc1. The summed E-state index contributed by atoms with van der Waals surface area (Å²) >= 11 is 0. The van der Waals surface area contributed by atoms with Crippen molar-refractivity contribution in [1.29, 1.82) is 0 Å². The van der Waals surface area contributed by atoms with Gasteiger partial charge in [-0.3, -0.25) is 0 Å². The topological polar surface area (TPSA) is 37.3 Å². The molecule has 0 bridgehead atoms. The molecule has 0 heterocycles. The van der Waals surface area contributed by atoms with Crippen molar-refractivity contribution in [3.05, 3.63) is 70.8 Å². The summed E-state index contributed by atoms with van der Waals surface area (Å²) in [5.41, 5.74) is 4.15. The van der Waals surface area contributed by atoms with Crippen molar-refractivity contribution < 1.29 is 9.90 Å². The maximum absolute atomic E-state index is 11.4. The van der Waals surface area contributed by atoms with Gasteiger partial charge < -0.3 is 5.11 Å². The predicted molar refractivity (Wildman–Crippen MR) is 77.9 cm³/mol. The van der Waals surface area contributed by atoms with E-state index >= 15 is 0 Å². The van der Waals surface area contributed by atoms with Crippen LogP contribution in [0.5, 0.6) is 0 Å². The molecule has 19 heavy (non-hydrogen) atoms. The minimum atomic E-state index is -0.910. The molecule has 0 aliphatic carbocycles. The van der Waals surface area contributed by atoms with Crippen molar-refractivity contribution in [2.75, 3.05) is 0 Å². The molecule has 0 aromatic heterocycles. The molecule has 0 spiro atoms. The molecule has 2 heteroatoms. The van der Waals surface area contributed by atoms with Gasteiger partial charge in [-0.2, -0.15) is 0 Å². The smallest absolute Gasteiger partial charge is 0.336 e. The lowest BCUT2D eigenvalue weighted by Crippen LogP contribution is -2.00. The molecule has 0 saturated heterocycles. The predicted octanol–water partition coefficient (Wildman–Crippen LogP) is 3.93. The molecule has 0 fully saturated rings. The molecule has 0 unspecified atom stereocenters. The summed E-state index contributed by atoms with van der Waals surface area (Å²) in [4.78, 5) is 11.4. The summed E-state index contributed by atoms with van der Waals surface area (Å²) < 4.78 is 0. The Morgan fingerprint density at radius 2 is 1.63 bits per heavy atom. The van der Waals surface area contributed by atoms with Crippen LogP contribution >= 0.6 is 0 Å². The zero-order valence-electron chi connectivity index (χ0n) is 11.1. The first-order valence-electron chi connectivity index (χ1n) is 6.15. The Bertz CT molecular complexity index is 622. The Labute approximate surface area is 113 Å². The molecule has 2 aromatic carbocycles. The van der Waals surface area contributed by atoms with Gasteiger partial charge in [0.25, 0.3) is 0 Å². The second-order valence-corrected chi connectivity index (χ2v) is 4.59. The van der Waals surface area contributed by atoms with Crippen molar-refractivity contribution >= 4 is 17.6 Å². The molecule has 0 radical (unpaired) electrons. The second kappa shape index (κ2) is 5.53. The lowest BCUT2D eigenvalue weighted by Gasteiger charge is -2.05. The highest BCUT2D eigenvalue weighted by Crippen LogP contribution is 2.20. The third-order valence-corrected chi connectivity index (χ3v) is 3.08. The van der Waals surface area contributed by atoms with E-state index in [4.69, 9.17) is 0 Å². The van der Waals surface area contributed by atoms with Crippen LogP contribution in [0.15, 0.2) is 48.5 Å². The number of hydrogen-bond acceptors (Lipinski definition) is 1. The molecule has 2 rings (SSSR count). The highest BCUT2D eigenvalue weighted by atomic mass is 16.4. The first-order chi connectivity index (χ1) is 9.08. The second-order valence-electron chi connectivity index (χ2n) is 4.59. The van der Waals surface area contributed by atoms with Crippen LogP contribution in [0.1, 0.15) is 22.3 Å². The van der Waals surface area contributed by atoms with E-state index in [1.54, 1.807) is 6.08 Å². The largest absolute Gasteiger partial charge is 0.478 e. The third kappa shape index (κ3) is 3.10. The van der Waals surface area contributed by atoms with Gasteiger partial charge in [0, 0.05) is 0 Å². The minimum Gasteiger partial charge on any atom is -0.478 e. The molecule has 1 N–H and O–H groups in total. The monoisotopic (exact) mass is 252 g/mol. The van der Waals surface area contributed by atoms with Crippen molar-refractivity contribution in [3.8, 4) is 0 Å². The summed E-state index contributed by atoms with van der Waals surface area (Å²) in [7, 11) is 0. The molecular formula is C17H16O2. The van der Waals surface area contributed by atoms with Crippen LogP contribution < -0.4 is 0 Å². The van der Waals surface area contributed by atoms with Crippen LogP contribution in [0.3, 0.4) is 0 Å². The van der Waals surface area contributed by atoms with E-state index < -0.39 is 5.97 Å². The van der Waals surface area contributed by atoms with Crippen LogP contribution in [0.2, 0.25) is 0 Å². The van der Waals surface area contributed by atoms with Gasteiger partial charge in [0.15, 0.2) is 0 Å². The quantitative estimate of drug-likeness (QED) is 0.664. The number of carboxylic acids is 1. The normalized spacial score (nSPS) is 11.4. The highest BCUT2D eigenvalue weighted by molar-refractivity contribution is 6.20. The fourth-order valence-corrected chi connectivity index (χ4v) is 1.91. The molecule has 0 saturated carbocycles. The standard InChI is InChI=1S/C17H16O2/c1-12-7-9-14(10-8-12)16(17(18)19)11-15-6-4-3-5-13(15)2/h3-11H,1-2H3,(H,18,19)/b16-11+. The van der Waals surface area contributed by atoms with Crippen molar-refractivity contribution in [3.63, 3.8) is 0 Å². The fourth-order valence-electron chi connectivity index (χ4n) is 1.91. The van der Waals surface area contributed by atoms with E-state index in [2.05, 4.69) is 0 Å². The average molecular weight is 252 g/mol. The summed E-state index contributed by atoms with van der Waals surface area (Å²) in [5.74, 6) is -0.910. The van der Waals surface area contributed by atoms with Crippen molar-refractivity contribution in [1.82, 2.24) is 0 Å². The van der Waals surface area contributed by atoms with E-state index in [1.165, 1.54) is 0 Å². The van der Waals surface area contributed by atoms with Crippen LogP contribution in [0.25, 0.3) is 11.6 Å². The summed E-state index contributed by atoms with van der Waals surface area (Å²) in [6.07, 6.45) is 1.72. The van der Waals surface area contributed by atoms with Crippen LogP contribution in [-0.2, 0) is 4.79 Å². The van der Waals surface area contributed by atoms with Crippen molar-refractivity contribution in [2.45, 2.75) is 13.8 Å². The maximum atomic E-state index is 11.4. The van der Waals surface area contributed by atoms with E-state index in [0.29, 0.717) is 5.57 Å². The molecule has 0 aliphatic heterocycles. The third-order valence-electron chi connectivity index (χ3n) is 3.08. The van der Waals surface area contributed by atoms with Gasteiger partial charge in [-0.25, -0.2) is 4.79 Å². The van der Waals surface area contributed by atoms with Gasteiger partial charge in [-0.05, 0) is 36.6 Å². The Morgan fingerprint density at radius 1 is 1.00 bits per heavy atom. The molecule has 0 atom stereocenters. The van der Waals surface area contributed by atoms with E-state index in [0.717, 1.165) is 22.3 Å². The number of hydrogen-bond donors (Lipinski definition) is 1. The molecule has 0 amide bonds. The zero-order valence-corrected chi connectivity index (χ0v) is 11.1. The average Bonchev–Trinajstić information content (AvgIpc) is 2.39. The van der Waals surface area contributed by atoms with Gasteiger partial charge in [-0.15, -0.1) is 0 Å². The first-order valence-corrected chi connectivity index (χ1v) is 6.15. The Kier molecular flexibility index (Phi) is 3.81. The number of rotatable bonds is 3. The minimum absolute atomic E-state index is 0.314. The van der Waals surface area contributed by atoms with Gasteiger partial charge in [0.05, 0.1) is 5.57 Å². The van der Waals surface area contributed by atoms with Gasteiger partial charge in [0.2, 0.25) is 0 Å². The molecule has 0 aliphatic rings. The number of benzene rings is 2. The number of aryl methyl sites for hydroxylation is 2. The van der Waals surface area contributed by atoms with Gasteiger partial charge in [-0.1, -0.05) is 54.1 Å². The van der Waals surface area contributed by atoms with Gasteiger partial charge >= 0.3 is 5.97 Å². The Balaban J connectivity index is 2.50. The van der Waals surface area contributed by atoms with Crippen molar-refractivity contribution in [2.24, 2.45) is 0 Å². The lowest BCUT2D eigenvalue weighted by atomic mass is 10.00. The van der Waals surface area contributed by atoms with Gasteiger partial charge in [0.1, 0.15) is 0 Å². The lowest BCUT2D eigenvalue weighted by molar-refractivity contribution is -0.130. The van der Waals surface area contributed by atoms with E-state index in [-0.39, 0.29) is 0 Å². The number of carbonyl (C=O) groups is 1. The van der Waals surface area contributed by atoms with Crippen LogP contribution in [0.4, 0.5) is 0 Å².